The van der Waals surface area contributed by atoms with Gasteiger partial charge in [-0.1, -0.05) is 13.0 Å². The van der Waals surface area contributed by atoms with Crippen LogP contribution in [0.3, 0.4) is 0 Å². The van der Waals surface area contributed by atoms with Crippen molar-refractivity contribution in [3.05, 3.63) is 41.6 Å². The first kappa shape index (κ1) is 13.1. The first-order valence-electron chi connectivity index (χ1n) is 6.23. The number of carbonyl (C=O) groups excluding carboxylic acids is 1. The average Bonchev–Trinajstić information content (AvgIpc) is 2.86. The van der Waals surface area contributed by atoms with Gasteiger partial charge in [-0.05, 0) is 24.6 Å². The standard InChI is InChI=1S/C14H18N4O/c1-4-11-9-13(17-16-11)15-14(19)10-6-5-7-12(8-10)18(2)3/h5-9H,4H2,1-3H3,(H2,15,16,17,19). The van der Waals surface area contributed by atoms with Crippen LogP contribution in [0.2, 0.25) is 0 Å². The molecular formula is C14H18N4O. The summed E-state index contributed by atoms with van der Waals surface area (Å²) < 4.78 is 0. The van der Waals surface area contributed by atoms with Gasteiger partial charge >= 0.3 is 0 Å². The van der Waals surface area contributed by atoms with Gasteiger partial charge in [0.05, 0.1) is 0 Å². The van der Waals surface area contributed by atoms with Gasteiger partial charge < -0.3 is 10.2 Å². The molecule has 0 spiro atoms. The minimum Gasteiger partial charge on any atom is -0.378 e. The number of nitrogens with zero attached hydrogens (tertiary/aromatic N) is 2. The molecule has 100 valence electrons. The molecule has 0 fully saturated rings. The number of hydrogen-bond acceptors (Lipinski definition) is 3. The van der Waals surface area contributed by atoms with E-state index in [1.54, 1.807) is 6.07 Å². The van der Waals surface area contributed by atoms with E-state index in [-0.39, 0.29) is 5.91 Å². The fraction of sp³-hybridized carbons (Fsp3) is 0.286. The summed E-state index contributed by atoms with van der Waals surface area (Å²) in [5.74, 6) is 0.398. The summed E-state index contributed by atoms with van der Waals surface area (Å²) in [6.07, 6.45) is 0.860. The first-order valence-corrected chi connectivity index (χ1v) is 6.23. The molecule has 1 heterocycles. The van der Waals surface area contributed by atoms with Gasteiger partial charge in [0, 0.05) is 37.1 Å². The molecule has 1 amide bonds. The zero-order valence-corrected chi connectivity index (χ0v) is 11.4. The second kappa shape index (κ2) is 5.56. The van der Waals surface area contributed by atoms with Crippen molar-refractivity contribution in [3.8, 4) is 0 Å². The monoisotopic (exact) mass is 258 g/mol. The number of H-pyrrole nitrogens is 1. The van der Waals surface area contributed by atoms with E-state index in [2.05, 4.69) is 15.5 Å². The summed E-state index contributed by atoms with van der Waals surface area (Å²) in [5.41, 5.74) is 2.61. The first-order chi connectivity index (χ1) is 9.10. The maximum absolute atomic E-state index is 12.1. The molecular weight excluding hydrogens is 240 g/mol. The smallest absolute Gasteiger partial charge is 0.256 e. The van der Waals surface area contributed by atoms with E-state index in [4.69, 9.17) is 0 Å². The molecule has 0 aliphatic rings. The second-order valence-corrected chi connectivity index (χ2v) is 4.53. The van der Waals surface area contributed by atoms with Crippen LogP contribution in [0, 0.1) is 0 Å². The molecule has 0 unspecified atom stereocenters. The Morgan fingerprint density at radius 1 is 1.37 bits per heavy atom. The van der Waals surface area contributed by atoms with Gasteiger partial charge in [0.15, 0.2) is 5.82 Å². The van der Waals surface area contributed by atoms with Crippen LogP contribution in [0.5, 0.6) is 0 Å². The summed E-state index contributed by atoms with van der Waals surface area (Å²) in [6, 6.07) is 9.30. The summed E-state index contributed by atoms with van der Waals surface area (Å²) in [6.45, 7) is 2.03. The topological polar surface area (TPSA) is 61.0 Å². The largest absolute Gasteiger partial charge is 0.378 e. The predicted octanol–water partition coefficient (Wildman–Crippen LogP) is 2.29. The number of aromatic nitrogens is 2. The minimum atomic E-state index is -0.155. The van der Waals surface area contributed by atoms with Gasteiger partial charge in [-0.2, -0.15) is 5.10 Å². The third-order valence-corrected chi connectivity index (χ3v) is 2.88. The van der Waals surface area contributed by atoms with Crippen LogP contribution in [0.25, 0.3) is 0 Å². The zero-order valence-electron chi connectivity index (χ0n) is 11.4. The van der Waals surface area contributed by atoms with E-state index >= 15 is 0 Å². The highest BCUT2D eigenvalue weighted by Crippen LogP contribution is 2.15. The fourth-order valence-corrected chi connectivity index (χ4v) is 1.72. The van der Waals surface area contributed by atoms with Gasteiger partial charge in [-0.3, -0.25) is 9.89 Å². The van der Waals surface area contributed by atoms with Crippen molar-refractivity contribution in [1.82, 2.24) is 10.2 Å². The highest BCUT2D eigenvalue weighted by molar-refractivity contribution is 6.04. The third-order valence-electron chi connectivity index (χ3n) is 2.88. The Labute approximate surface area is 112 Å². The highest BCUT2D eigenvalue weighted by atomic mass is 16.1. The number of nitrogens with one attached hydrogen (secondary N) is 2. The molecule has 2 rings (SSSR count). The van der Waals surface area contributed by atoms with Crippen molar-refractivity contribution >= 4 is 17.4 Å². The Hall–Kier alpha value is -2.30. The molecule has 5 nitrogen and oxygen atoms in total. The van der Waals surface area contributed by atoms with Crippen LogP contribution >= 0.6 is 0 Å². The lowest BCUT2D eigenvalue weighted by molar-refractivity contribution is 0.102. The van der Waals surface area contributed by atoms with E-state index in [0.717, 1.165) is 17.8 Å². The number of anilines is 2. The van der Waals surface area contributed by atoms with Crippen molar-refractivity contribution < 1.29 is 4.79 Å². The van der Waals surface area contributed by atoms with Gasteiger partial charge in [0.2, 0.25) is 0 Å². The number of rotatable bonds is 4. The lowest BCUT2D eigenvalue weighted by atomic mass is 10.2. The van der Waals surface area contributed by atoms with Gasteiger partial charge in [0.1, 0.15) is 0 Å². The van der Waals surface area contributed by atoms with Gasteiger partial charge in [-0.15, -0.1) is 0 Å². The number of hydrogen-bond donors (Lipinski definition) is 2. The van der Waals surface area contributed by atoms with Crippen molar-refractivity contribution in [2.75, 3.05) is 24.3 Å². The highest BCUT2D eigenvalue weighted by Gasteiger charge is 2.09. The molecule has 2 N–H and O–H groups in total. The van der Waals surface area contributed by atoms with E-state index in [0.29, 0.717) is 11.4 Å². The molecule has 0 bridgehead atoms. The minimum absolute atomic E-state index is 0.155. The lowest BCUT2D eigenvalue weighted by Gasteiger charge is -2.13. The number of aromatic amines is 1. The third kappa shape index (κ3) is 3.13. The molecule has 19 heavy (non-hydrogen) atoms. The van der Waals surface area contributed by atoms with Crippen LogP contribution in [0.4, 0.5) is 11.5 Å². The van der Waals surface area contributed by atoms with Crippen LogP contribution in [-0.4, -0.2) is 30.2 Å². The Kier molecular flexibility index (Phi) is 3.85. The molecule has 0 saturated heterocycles. The van der Waals surface area contributed by atoms with E-state index in [9.17, 15) is 4.79 Å². The number of amides is 1. The molecule has 0 saturated carbocycles. The second-order valence-electron chi connectivity index (χ2n) is 4.53. The normalized spacial score (nSPS) is 10.3. The average molecular weight is 258 g/mol. The molecule has 0 atom stereocenters. The Morgan fingerprint density at radius 2 is 2.16 bits per heavy atom. The molecule has 0 aliphatic heterocycles. The summed E-state index contributed by atoms with van der Waals surface area (Å²) >= 11 is 0. The van der Waals surface area contributed by atoms with E-state index < -0.39 is 0 Å². The van der Waals surface area contributed by atoms with Crippen molar-refractivity contribution in [2.24, 2.45) is 0 Å². The SMILES string of the molecule is CCc1cc(NC(=O)c2cccc(N(C)C)c2)n[nH]1. The summed E-state index contributed by atoms with van der Waals surface area (Å²) in [4.78, 5) is 14.1. The van der Waals surface area contributed by atoms with Gasteiger partial charge in [-0.25, -0.2) is 0 Å². The van der Waals surface area contributed by atoms with Crippen LogP contribution < -0.4 is 10.2 Å². The van der Waals surface area contributed by atoms with Crippen molar-refractivity contribution in [3.63, 3.8) is 0 Å². The van der Waals surface area contributed by atoms with Crippen LogP contribution in [0.15, 0.2) is 30.3 Å². The molecule has 5 heteroatoms. The van der Waals surface area contributed by atoms with Crippen LogP contribution in [-0.2, 0) is 6.42 Å². The quantitative estimate of drug-likeness (QED) is 0.884. The number of carbonyl (C=O) groups is 1. The van der Waals surface area contributed by atoms with Crippen molar-refractivity contribution in [1.29, 1.82) is 0 Å². The molecule has 1 aromatic carbocycles. The zero-order chi connectivity index (χ0) is 13.8. The Bertz CT molecular complexity index is 574. The van der Waals surface area contributed by atoms with E-state index in [1.165, 1.54) is 0 Å². The molecule has 0 aliphatic carbocycles. The number of benzene rings is 1. The van der Waals surface area contributed by atoms with Crippen molar-refractivity contribution in [2.45, 2.75) is 13.3 Å². The van der Waals surface area contributed by atoms with Crippen LogP contribution in [0.1, 0.15) is 23.0 Å². The summed E-state index contributed by atoms with van der Waals surface area (Å²) in [7, 11) is 3.89. The maximum Gasteiger partial charge on any atom is 0.256 e. The lowest BCUT2D eigenvalue weighted by Crippen LogP contribution is -2.14. The fourth-order valence-electron chi connectivity index (χ4n) is 1.72. The molecule has 2 aromatic rings. The Balaban J connectivity index is 2.13. The van der Waals surface area contributed by atoms with Gasteiger partial charge in [0.25, 0.3) is 5.91 Å². The number of aryl methyl sites for hydroxylation is 1. The molecule has 1 aromatic heterocycles. The maximum atomic E-state index is 12.1. The Morgan fingerprint density at radius 3 is 2.79 bits per heavy atom. The predicted molar refractivity (Wildman–Crippen MR) is 76.7 cm³/mol. The molecule has 0 radical (unpaired) electrons. The summed E-state index contributed by atoms with van der Waals surface area (Å²) in [5, 5.41) is 9.69. The van der Waals surface area contributed by atoms with E-state index in [1.807, 2.05) is 50.2 Å².